The van der Waals surface area contributed by atoms with Crippen molar-refractivity contribution in [2.45, 2.75) is 37.9 Å². The SMILES string of the molecule is CCOc1ccc(NC(=O)c2ccc(NC(=O)CSc3nnc(C)n3C3CC3)cc2)cc1. The van der Waals surface area contributed by atoms with E-state index >= 15 is 0 Å². The minimum Gasteiger partial charge on any atom is -0.494 e. The molecule has 0 unspecified atom stereocenters. The van der Waals surface area contributed by atoms with E-state index in [4.69, 9.17) is 4.74 Å². The third kappa shape index (κ3) is 5.47. The van der Waals surface area contributed by atoms with E-state index in [2.05, 4.69) is 25.4 Å². The number of rotatable bonds is 9. The van der Waals surface area contributed by atoms with Crippen LogP contribution in [0.4, 0.5) is 11.4 Å². The van der Waals surface area contributed by atoms with Crippen molar-refractivity contribution in [1.82, 2.24) is 14.8 Å². The number of thioether (sulfide) groups is 1. The molecular weight excluding hydrogens is 426 g/mol. The number of carbonyl (C=O) groups excluding carboxylic acids is 2. The van der Waals surface area contributed by atoms with E-state index in [1.54, 1.807) is 36.4 Å². The molecule has 166 valence electrons. The number of nitrogens with zero attached hydrogens (tertiary/aromatic N) is 3. The van der Waals surface area contributed by atoms with Crippen LogP contribution in [0.3, 0.4) is 0 Å². The van der Waals surface area contributed by atoms with Gasteiger partial charge in [-0.1, -0.05) is 11.8 Å². The molecule has 0 atom stereocenters. The van der Waals surface area contributed by atoms with Crippen LogP contribution in [0.2, 0.25) is 0 Å². The Morgan fingerprint density at radius 2 is 1.69 bits per heavy atom. The molecule has 1 saturated carbocycles. The maximum atomic E-state index is 12.5. The van der Waals surface area contributed by atoms with Crippen LogP contribution in [0.5, 0.6) is 5.75 Å². The van der Waals surface area contributed by atoms with Gasteiger partial charge in [0, 0.05) is 23.0 Å². The van der Waals surface area contributed by atoms with E-state index in [1.165, 1.54) is 11.8 Å². The van der Waals surface area contributed by atoms with Crippen LogP contribution in [0.1, 0.15) is 42.0 Å². The van der Waals surface area contributed by atoms with Gasteiger partial charge >= 0.3 is 0 Å². The Kier molecular flexibility index (Phi) is 6.75. The van der Waals surface area contributed by atoms with E-state index in [-0.39, 0.29) is 17.6 Å². The van der Waals surface area contributed by atoms with Crippen LogP contribution in [-0.4, -0.2) is 38.9 Å². The summed E-state index contributed by atoms with van der Waals surface area (Å²) in [7, 11) is 0. The lowest BCUT2D eigenvalue weighted by Gasteiger charge is -2.09. The molecular formula is C23H25N5O3S. The molecule has 32 heavy (non-hydrogen) atoms. The number of hydrogen-bond donors (Lipinski definition) is 2. The minimum atomic E-state index is -0.225. The molecule has 0 radical (unpaired) electrons. The average Bonchev–Trinajstić information content (AvgIpc) is 3.56. The lowest BCUT2D eigenvalue weighted by atomic mass is 10.2. The molecule has 0 saturated heterocycles. The van der Waals surface area contributed by atoms with Crippen LogP contribution in [-0.2, 0) is 4.79 Å². The highest BCUT2D eigenvalue weighted by atomic mass is 32.2. The number of benzene rings is 2. The van der Waals surface area contributed by atoms with Crippen molar-refractivity contribution in [2.24, 2.45) is 0 Å². The van der Waals surface area contributed by atoms with Gasteiger partial charge in [-0.25, -0.2) is 0 Å². The summed E-state index contributed by atoms with van der Waals surface area (Å²) < 4.78 is 7.51. The third-order valence-corrected chi connectivity index (χ3v) is 5.88. The summed E-state index contributed by atoms with van der Waals surface area (Å²) in [5.74, 6) is 1.52. The van der Waals surface area contributed by atoms with Crippen molar-refractivity contribution in [2.75, 3.05) is 23.0 Å². The summed E-state index contributed by atoms with van der Waals surface area (Å²) in [6.45, 7) is 4.45. The molecule has 1 fully saturated rings. The normalized spacial score (nSPS) is 12.9. The molecule has 3 aromatic rings. The molecule has 0 spiro atoms. The minimum absolute atomic E-state index is 0.135. The smallest absolute Gasteiger partial charge is 0.255 e. The molecule has 0 bridgehead atoms. The van der Waals surface area contributed by atoms with Crippen molar-refractivity contribution >= 4 is 35.0 Å². The number of hydrogen-bond acceptors (Lipinski definition) is 6. The number of carbonyl (C=O) groups is 2. The first-order chi connectivity index (χ1) is 15.5. The maximum Gasteiger partial charge on any atom is 0.255 e. The summed E-state index contributed by atoms with van der Waals surface area (Å²) in [5.41, 5.74) is 1.81. The molecule has 1 aliphatic rings. The van der Waals surface area contributed by atoms with Gasteiger partial charge in [0.05, 0.1) is 12.4 Å². The van der Waals surface area contributed by atoms with Gasteiger partial charge in [-0.2, -0.15) is 0 Å². The first-order valence-electron chi connectivity index (χ1n) is 10.5. The van der Waals surface area contributed by atoms with E-state index in [9.17, 15) is 9.59 Å². The Morgan fingerprint density at radius 3 is 2.34 bits per heavy atom. The molecule has 4 rings (SSSR count). The third-order valence-electron chi connectivity index (χ3n) is 4.93. The highest BCUT2D eigenvalue weighted by Crippen LogP contribution is 2.38. The molecule has 8 nitrogen and oxygen atoms in total. The zero-order valence-corrected chi connectivity index (χ0v) is 18.8. The quantitative estimate of drug-likeness (QED) is 0.471. The predicted octanol–water partition coefficient (Wildman–Crippen LogP) is 4.30. The molecule has 2 aromatic carbocycles. The van der Waals surface area contributed by atoms with E-state index in [1.807, 2.05) is 26.0 Å². The molecule has 2 N–H and O–H groups in total. The van der Waals surface area contributed by atoms with Crippen LogP contribution >= 0.6 is 11.8 Å². The van der Waals surface area contributed by atoms with Crippen molar-refractivity contribution in [3.05, 3.63) is 59.9 Å². The Labute approximate surface area is 190 Å². The van der Waals surface area contributed by atoms with Crippen LogP contribution in [0.25, 0.3) is 0 Å². The van der Waals surface area contributed by atoms with Gasteiger partial charge in [-0.05, 0) is 75.2 Å². The Balaban J connectivity index is 1.28. The number of aromatic nitrogens is 3. The number of amides is 2. The van der Waals surface area contributed by atoms with Gasteiger partial charge in [-0.3, -0.25) is 9.59 Å². The van der Waals surface area contributed by atoms with Gasteiger partial charge in [0.1, 0.15) is 11.6 Å². The van der Waals surface area contributed by atoms with Crippen molar-refractivity contribution in [1.29, 1.82) is 0 Å². The summed E-state index contributed by atoms with van der Waals surface area (Å²) in [4.78, 5) is 24.8. The van der Waals surface area contributed by atoms with Crippen LogP contribution in [0, 0.1) is 6.92 Å². The first kappa shape index (κ1) is 21.9. The molecule has 0 aliphatic heterocycles. The zero-order valence-electron chi connectivity index (χ0n) is 18.0. The lowest BCUT2D eigenvalue weighted by molar-refractivity contribution is -0.113. The second kappa shape index (κ2) is 9.86. The van der Waals surface area contributed by atoms with Gasteiger partial charge in [0.15, 0.2) is 5.16 Å². The summed E-state index contributed by atoms with van der Waals surface area (Å²) in [6.07, 6.45) is 2.27. The predicted molar refractivity (Wildman–Crippen MR) is 124 cm³/mol. The number of ether oxygens (including phenoxy) is 1. The van der Waals surface area contributed by atoms with Gasteiger partial charge in [0.2, 0.25) is 5.91 Å². The fraction of sp³-hybridized carbons (Fsp3) is 0.304. The van der Waals surface area contributed by atoms with Crippen molar-refractivity contribution in [3.8, 4) is 5.75 Å². The molecule has 1 aromatic heterocycles. The molecule has 1 aliphatic carbocycles. The van der Waals surface area contributed by atoms with Gasteiger partial charge < -0.3 is 19.9 Å². The topological polar surface area (TPSA) is 98.1 Å². The first-order valence-corrected chi connectivity index (χ1v) is 11.5. The molecule has 9 heteroatoms. The van der Waals surface area contributed by atoms with Crippen molar-refractivity contribution < 1.29 is 14.3 Å². The Bertz CT molecular complexity index is 1090. The van der Waals surface area contributed by atoms with E-state index in [0.29, 0.717) is 29.6 Å². The van der Waals surface area contributed by atoms with Gasteiger partial charge in [0.25, 0.3) is 5.91 Å². The zero-order chi connectivity index (χ0) is 22.5. The second-order valence-electron chi connectivity index (χ2n) is 7.46. The van der Waals surface area contributed by atoms with E-state index < -0.39 is 0 Å². The number of nitrogens with one attached hydrogen (secondary N) is 2. The Hall–Kier alpha value is -3.33. The molecule has 2 amide bonds. The fourth-order valence-corrected chi connectivity index (χ4v) is 4.09. The average molecular weight is 452 g/mol. The largest absolute Gasteiger partial charge is 0.494 e. The summed E-state index contributed by atoms with van der Waals surface area (Å²) in [5, 5.41) is 14.8. The fourth-order valence-electron chi connectivity index (χ4n) is 3.24. The summed E-state index contributed by atoms with van der Waals surface area (Å²) in [6, 6.07) is 14.5. The second-order valence-corrected chi connectivity index (χ2v) is 8.40. The van der Waals surface area contributed by atoms with Crippen molar-refractivity contribution in [3.63, 3.8) is 0 Å². The lowest BCUT2D eigenvalue weighted by Crippen LogP contribution is -2.15. The van der Waals surface area contributed by atoms with Crippen LogP contribution < -0.4 is 15.4 Å². The maximum absolute atomic E-state index is 12.5. The highest BCUT2D eigenvalue weighted by Gasteiger charge is 2.28. The number of aryl methyl sites for hydroxylation is 1. The summed E-state index contributed by atoms with van der Waals surface area (Å²) >= 11 is 1.38. The number of anilines is 2. The standard InChI is InChI=1S/C23H25N5O3S/c1-3-31-20-12-8-18(9-13-20)25-22(30)16-4-6-17(7-5-16)24-21(29)14-32-23-27-26-15(2)28(23)19-10-11-19/h4-9,12-13,19H,3,10-11,14H2,1-2H3,(H,24,29)(H,25,30). The van der Waals surface area contributed by atoms with Crippen LogP contribution in [0.15, 0.2) is 53.7 Å². The Morgan fingerprint density at radius 1 is 1.03 bits per heavy atom. The van der Waals surface area contributed by atoms with Gasteiger partial charge in [-0.15, -0.1) is 10.2 Å². The van der Waals surface area contributed by atoms with E-state index in [0.717, 1.165) is 29.6 Å². The molecule has 1 heterocycles. The highest BCUT2D eigenvalue weighted by molar-refractivity contribution is 7.99. The monoisotopic (exact) mass is 451 g/mol.